The fourth-order valence-electron chi connectivity index (χ4n) is 2.47. The quantitative estimate of drug-likeness (QED) is 0.350. The number of methoxy groups -OCH3 is 1. The zero-order chi connectivity index (χ0) is 19.9. The molecule has 12 heteroatoms. The average Bonchev–Trinajstić information content (AvgIpc) is 2.46. The molecule has 0 atom stereocenters. The lowest BCUT2D eigenvalue weighted by Gasteiger charge is -2.40. The van der Waals surface area contributed by atoms with E-state index in [1.165, 1.54) is 0 Å². The highest BCUT2D eigenvalue weighted by Crippen LogP contribution is 2.42. The molecular weight excluding hydrogens is 391 g/mol. The zero-order valence-corrected chi connectivity index (χ0v) is 13.9. The van der Waals surface area contributed by atoms with E-state index in [0.29, 0.717) is 12.5 Å². The van der Waals surface area contributed by atoms with E-state index >= 15 is 0 Å². The molecule has 2 rings (SSSR count). The number of carboxylic acids is 1. The Kier molecular flexibility index (Phi) is 5.31. The highest BCUT2D eigenvalue weighted by Gasteiger charge is 2.47. The molecular formula is C14H12ClF5N2O4. The summed E-state index contributed by atoms with van der Waals surface area (Å²) in [5.41, 5.74) is -8.30. The fourth-order valence-corrected chi connectivity index (χ4v) is 2.69. The fraction of sp³-hybridized carbons (Fsp3) is 0.500. The van der Waals surface area contributed by atoms with Gasteiger partial charge in [-0.15, -0.1) is 0 Å². The second kappa shape index (κ2) is 6.86. The summed E-state index contributed by atoms with van der Waals surface area (Å²) in [6, 6.07) is -0.650. The van der Waals surface area contributed by atoms with Crippen LogP contribution in [0.5, 0.6) is 0 Å². The standard InChI is InChI=1S/C14H12ClF5N2O4/c1-26-12(25)8-5-7(11(23)24)9(13(16,17)18)21-10(8)22(14(15,19)20)6-3-2-4-6/h5-6H,2-4H2,1H3,(H,23,24). The first kappa shape index (κ1) is 20.1. The molecule has 0 spiro atoms. The van der Waals surface area contributed by atoms with Crippen molar-refractivity contribution in [3.63, 3.8) is 0 Å². The minimum Gasteiger partial charge on any atom is -0.478 e. The van der Waals surface area contributed by atoms with Gasteiger partial charge in [-0.1, -0.05) is 0 Å². The van der Waals surface area contributed by atoms with Crippen molar-refractivity contribution in [1.29, 1.82) is 0 Å². The first-order chi connectivity index (χ1) is 11.9. The maximum absolute atomic E-state index is 13.9. The zero-order valence-electron chi connectivity index (χ0n) is 13.1. The van der Waals surface area contributed by atoms with Crippen LogP contribution in [0.25, 0.3) is 0 Å². The van der Waals surface area contributed by atoms with Crippen molar-refractivity contribution in [1.82, 2.24) is 4.98 Å². The van der Waals surface area contributed by atoms with E-state index in [1.807, 2.05) is 0 Å². The minimum atomic E-state index is -5.26. The van der Waals surface area contributed by atoms with Crippen molar-refractivity contribution >= 4 is 29.4 Å². The molecule has 1 N–H and O–H groups in total. The van der Waals surface area contributed by atoms with Crippen LogP contribution in [0.3, 0.4) is 0 Å². The van der Waals surface area contributed by atoms with Crippen LogP contribution in [-0.2, 0) is 10.9 Å². The minimum absolute atomic E-state index is 0.0885. The lowest BCUT2D eigenvalue weighted by atomic mass is 9.91. The van der Waals surface area contributed by atoms with Gasteiger partial charge < -0.3 is 9.84 Å². The number of ether oxygens (including phenoxy) is 1. The van der Waals surface area contributed by atoms with Gasteiger partial charge in [-0.25, -0.2) is 14.6 Å². The van der Waals surface area contributed by atoms with Crippen molar-refractivity contribution < 1.29 is 41.4 Å². The van der Waals surface area contributed by atoms with E-state index in [0.717, 1.165) is 7.11 Å². The van der Waals surface area contributed by atoms with Gasteiger partial charge in [0.2, 0.25) is 0 Å². The van der Waals surface area contributed by atoms with E-state index in [-0.39, 0.29) is 17.7 Å². The molecule has 1 aliphatic carbocycles. The first-order valence-electron chi connectivity index (χ1n) is 7.17. The monoisotopic (exact) mass is 402 g/mol. The summed E-state index contributed by atoms with van der Waals surface area (Å²) in [5, 5.41) is 8.98. The number of carboxylic acid groups (broad SMARTS) is 1. The molecule has 1 aromatic heterocycles. The summed E-state index contributed by atoms with van der Waals surface area (Å²) >= 11 is 5.03. The van der Waals surface area contributed by atoms with Gasteiger partial charge in [-0.05, 0) is 36.9 Å². The number of aromatic carboxylic acids is 1. The van der Waals surface area contributed by atoms with Crippen LogP contribution in [0.15, 0.2) is 6.07 Å². The summed E-state index contributed by atoms with van der Waals surface area (Å²) in [4.78, 5) is 26.2. The van der Waals surface area contributed by atoms with Gasteiger partial charge in [0.1, 0.15) is 11.4 Å². The molecule has 0 saturated heterocycles. The number of halogens is 6. The molecule has 0 radical (unpaired) electrons. The predicted molar refractivity (Wildman–Crippen MR) is 78.5 cm³/mol. The van der Waals surface area contributed by atoms with Crippen LogP contribution in [-0.4, -0.2) is 40.7 Å². The second-order valence-corrected chi connectivity index (χ2v) is 5.93. The number of anilines is 1. The number of nitrogens with zero attached hydrogens (tertiary/aromatic N) is 2. The van der Waals surface area contributed by atoms with Crippen LogP contribution in [0.4, 0.5) is 27.8 Å². The van der Waals surface area contributed by atoms with Crippen molar-refractivity contribution in [2.75, 3.05) is 12.0 Å². The third-order valence-electron chi connectivity index (χ3n) is 3.85. The van der Waals surface area contributed by atoms with Crippen molar-refractivity contribution in [2.24, 2.45) is 0 Å². The molecule has 0 unspecified atom stereocenters. The second-order valence-electron chi connectivity index (χ2n) is 5.47. The summed E-state index contributed by atoms with van der Waals surface area (Å²) in [6.07, 6.45) is -4.36. The molecule has 1 fully saturated rings. The smallest absolute Gasteiger partial charge is 0.434 e. The number of pyridine rings is 1. The Morgan fingerprint density at radius 1 is 1.27 bits per heavy atom. The van der Waals surface area contributed by atoms with Gasteiger partial charge in [0, 0.05) is 6.04 Å². The maximum Gasteiger partial charge on any atom is 0.434 e. The van der Waals surface area contributed by atoms with Gasteiger partial charge in [0.25, 0.3) is 0 Å². The van der Waals surface area contributed by atoms with E-state index in [2.05, 4.69) is 9.72 Å². The highest BCUT2D eigenvalue weighted by molar-refractivity contribution is 6.23. The van der Waals surface area contributed by atoms with Crippen LogP contribution >= 0.6 is 11.6 Å². The van der Waals surface area contributed by atoms with Crippen molar-refractivity contribution in [3.05, 3.63) is 22.9 Å². The molecule has 1 heterocycles. The topological polar surface area (TPSA) is 79.7 Å². The Morgan fingerprint density at radius 3 is 2.19 bits per heavy atom. The number of alkyl halides is 6. The Morgan fingerprint density at radius 2 is 1.85 bits per heavy atom. The number of hydrogen-bond donors (Lipinski definition) is 1. The van der Waals surface area contributed by atoms with Gasteiger partial charge in [0.05, 0.1) is 12.7 Å². The predicted octanol–water partition coefficient (Wildman–Crippen LogP) is 3.73. The van der Waals surface area contributed by atoms with Gasteiger partial charge >= 0.3 is 23.6 Å². The highest BCUT2D eigenvalue weighted by atomic mass is 35.5. The van der Waals surface area contributed by atoms with Crippen LogP contribution in [0.2, 0.25) is 0 Å². The lowest BCUT2D eigenvalue weighted by Crippen LogP contribution is -2.50. The Bertz CT molecular complexity index is 731. The van der Waals surface area contributed by atoms with Crippen molar-refractivity contribution in [2.45, 2.75) is 37.0 Å². The molecule has 0 aliphatic heterocycles. The molecule has 144 valence electrons. The molecule has 0 amide bonds. The number of rotatable bonds is 5. The van der Waals surface area contributed by atoms with E-state index in [9.17, 15) is 31.5 Å². The first-order valence-corrected chi connectivity index (χ1v) is 7.55. The number of carbonyl (C=O) groups is 2. The summed E-state index contributed by atoms with van der Waals surface area (Å²) in [7, 11) is 0.858. The number of esters is 1. The third-order valence-corrected chi connectivity index (χ3v) is 4.03. The van der Waals surface area contributed by atoms with Crippen LogP contribution in [0.1, 0.15) is 45.7 Å². The number of carbonyl (C=O) groups excluding carboxylic acids is 1. The summed E-state index contributed by atoms with van der Waals surface area (Å²) in [5.74, 6) is -4.44. The normalized spacial score (nSPS) is 15.3. The third kappa shape index (κ3) is 3.81. The van der Waals surface area contributed by atoms with Crippen molar-refractivity contribution in [3.8, 4) is 0 Å². The number of aromatic nitrogens is 1. The Labute approximate surface area is 148 Å². The number of hydrogen-bond acceptors (Lipinski definition) is 5. The Hall–Kier alpha value is -2.17. The van der Waals surface area contributed by atoms with E-state index in [1.54, 1.807) is 0 Å². The SMILES string of the molecule is COC(=O)c1cc(C(=O)O)c(C(F)(F)F)nc1N(C1CCC1)C(F)(F)Cl. The summed E-state index contributed by atoms with van der Waals surface area (Å²) in [6.45, 7) is 0. The largest absolute Gasteiger partial charge is 0.478 e. The van der Waals surface area contributed by atoms with Gasteiger partial charge in [-0.2, -0.15) is 22.0 Å². The van der Waals surface area contributed by atoms with Gasteiger partial charge in [0.15, 0.2) is 5.69 Å². The molecule has 0 aromatic carbocycles. The van der Waals surface area contributed by atoms with Crippen LogP contribution < -0.4 is 4.90 Å². The summed E-state index contributed by atoms with van der Waals surface area (Å²) < 4.78 is 71.7. The van der Waals surface area contributed by atoms with Crippen LogP contribution in [0, 0.1) is 0 Å². The molecule has 1 saturated carbocycles. The lowest BCUT2D eigenvalue weighted by molar-refractivity contribution is -0.141. The van der Waals surface area contributed by atoms with Gasteiger partial charge in [-0.3, -0.25) is 4.90 Å². The average molecular weight is 403 g/mol. The molecule has 6 nitrogen and oxygen atoms in total. The van der Waals surface area contributed by atoms with E-state index < -0.39 is 52.3 Å². The Balaban J connectivity index is 2.80. The maximum atomic E-state index is 13.9. The molecule has 1 aromatic rings. The molecule has 0 bridgehead atoms. The molecule has 1 aliphatic rings. The molecule has 26 heavy (non-hydrogen) atoms. The van der Waals surface area contributed by atoms with E-state index in [4.69, 9.17) is 16.7 Å².